The first-order chi connectivity index (χ1) is 14.7. The molecule has 0 spiro atoms. The van der Waals surface area contributed by atoms with Gasteiger partial charge in [-0.25, -0.2) is 19.3 Å². The fraction of sp³-hybridized carbons (Fsp3) is 0.333. The number of nitrogens with one attached hydrogen (secondary N) is 3. The maximum Gasteiger partial charge on any atom is 0.405 e. The number of halogens is 5. The van der Waals surface area contributed by atoms with Crippen LogP contribution in [0.2, 0.25) is 5.02 Å². The summed E-state index contributed by atoms with van der Waals surface area (Å²) in [6.07, 6.45) is -0.538. The molecule has 3 aromatic heterocycles. The average molecular weight is 458 g/mol. The van der Waals surface area contributed by atoms with Crippen molar-refractivity contribution in [1.29, 1.82) is 0 Å². The van der Waals surface area contributed by atoms with E-state index >= 15 is 0 Å². The summed E-state index contributed by atoms with van der Waals surface area (Å²) >= 11 is 6.01. The molecule has 8 nitrogen and oxygen atoms in total. The quantitative estimate of drug-likeness (QED) is 0.520. The lowest BCUT2D eigenvalue weighted by Crippen LogP contribution is -2.59. The highest BCUT2D eigenvalue weighted by Crippen LogP contribution is 2.29. The minimum atomic E-state index is -4.55. The van der Waals surface area contributed by atoms with Gasteiger partial charge in [-0.1, -0.05) is 11.6 Å². The zero-order valence-electron chi connectivity index (χ0n) is 15.8. The molecule has 0 saturated carbocycles. The molecule has 1 saturated heterocycles. The predicted molar refractivity (Wildman–Crippen MR) is 105 cm³/mol. The number of nitrogens with zero attached hydrogens (tertiary/aromatic N) is 4. The Morgan fingerprint density at radius 3 is 2.90 bits per heavy atom. The van der Waals surface area contributed by atoms with Crippen LogP contribution in [0, 0.1) is 5.82 Å². The zero-order valence-corrected chi connectivity index (χ0v) is 16.6. The van der Waals surface area contributed by atoms with E-state index in [2.05, 4.69) is 25.3 Å². The van der Waals surface area contributed by atoms with Crippen molar-refractivity contribution in [1.82, 2.24) is 30.6 Å². The number of hydrogen-bond acceptors (Lipinski definition) is 6. The molecule has 0 aliphatic carbocycles. The Hall–Kier alpha value is -2.99. The molecule has 31 heavy (non-hydrogen) atoms. The lowest BCUT2D eigenvalue weighted by Gasteiger charge is -2.36. The maximum atomic E-state index is 14.6. The topological polar surface area (TPSA) is 98.8 Å². The van der Waals surface area contributed by atoms with Gasteiger partial charge in [-0.3, -0.25) is 4.79 Å². The number of pyridine rings is 1. The average Bonchev–Trinajstić information content (AvgIpc) is 3.15. The molecule has 1 aliphatic rings. The fourth-order valence-electron chi connectivity index (χ4n) is 3.35. The third kappa shape index (κ3) is 4.54. The third-order valence-electron chi connectivity index (χ3n) is 4.75. The Morgan fingerprint density at radius 1 is 1.32 bits per heavy atom. The van der Waals surface area contributed by atoms with Gasteiger partial charge in [-0.2, -0.15) is 13.2 Å². The highest BCUT2D eigenvalue weighted by Gasteiger charge is 2.34. The maximum absolute atomic E-state index is 14.6. The van der Waals surface area contributed by atoms with Gasteiger partial charge in [0, 0.05) is 43.0 Å². The summed E-state index contributed by atoms with van der Waals surface area (Å²) in [7, 11) is 0. The second-order valence-electron chi connectivity index (χ2n) is 6.86. The number of carbonyl (C=O) groups is 1. The van der Waals surface area contributed by atoms with Crippen LogP contribution in [0.3, 0.4) is 0 Å². The van der Waals surface area contributed by atoms with Crippen LogP contribution in [0.25, 0.3) is 22.4 Å². The smallest absolute Gasteiger partial charge is 0.345 e. The standard InChI is InChI=1S/C18H16ClF4N7O/c19-9-3-10-11(5-26-14(10)25-4-9)15-27-6-12(20)16(29-15)30-2-1-24-7-13(30)17(31)28-8-18(21,22)23/h3-6,13,24H,1-2,7-8H2,(H,25,26)(H,28,31)/t13-/m1/s1. The number of piperazine rings is 1. The van der Waals surface area contributed by atoms with Crippen LogP contribution in [0.4, 0.5) is 23.4 Å². The van der Waals surface area contributed by atoms with E-state index in [-0.39, 0.29) is 24.7 Å². The number of fused-ring (bicyclic) bond motifs is 1. The van der Waals surface area contributed by atoms with E-state index in [1.54, 1.807) is 12.3 Å². The van der Waals surface area contributed by atoms with Crippen LogP contribution in [-0.2, 0) is 4.79 Å². The summed E-state index contributed by atoms with van der Waals surface area (Å²) in [5.74, 6) is -1.70. The first-order valence-corrected chi connectivity index (χ1v) is 9.58. The molecule has 3 aromatic rings. The van der Waals surface area contributed by atoms with E-state index in [4.69, 9.17) is 11.6 Å². The van der Waals surface area contributed by atoms with Gasteiger partial charge in [-0.15, -0.1) is 0 Å². The summed E-state index contributed by atoms with van der Waals surface area (Å²) in [5.41, 5.74) is 1.04. The van der Waals surface area contributed by atoms with Gasteiger partial charge < -0.3 is 20.5 Å². The first-order valence-electron chi connectivity index (χ1n) is 9.20. The van der Waals surface area contributed by atoms with Crippen LogP contribution in [-0.4, -0.2) is 64.2 Å². The Morgan fingerprint density at radius 2 is 2.13 bits per heavy atom. The summed E-state index contributed by atoms with van der Waals surface area (Å²) in [5, 5.41) is 5.78. The lowest BCUT2D eigenvalue weighted by molar-refractivity contribution is -0.139. The molecular weight excluding hydrogens is 442 g/mol. The highest BCUT2D eigenvalue weighted by atomic mass is 35.5. The van der Waals surface area contributed by atoms with Crippen molar-refractivity contribution in [2.45, 2.75) is 12.2 Å². The molecule has 1 atom stereocenters. The predicted octanol–water partition coefficient (Wildman–Crippen LogP) is 2.27. The fourth-order valence-corrected chi connectivity index (χ4v) is 3.51. The Kier molecular flexibility index (Phi) is 5.67. The van der Waals surface area contributed by atoms with Gasteiger partial charge in [0.25, 0.3) is 0 Å². The van der Waals surface area contributed by atoms with Crippen molar-refractivity contribution in [3.63, 3.8) is 0 Å². The molecule has 0 radical (unpaired) electrons. The number of alkyl halides is 3. The molecule has 1 fully saturated rings. The van der Waals surface area contributed by atoms with E-state index in [9.17, 15) is 22.4 Å². The van der Waals surface area contributed by atoms with Gasteiger partial charge >= 0.3 is 6.18 Å². The van der Waals surface area contributed by atoms with E-state index < -0.39 is 30.5 Å². The van der Waals surface area contributed by atoms with Crippen molar-refractivity contribution in [3.8, 4) is 11.4 Å². The van der Waals surface area contributed by atoms with Crippen LogP contribution in [0.5, 0.6) is 0 Å². The van der Waals surface area contributed by atoms with Crippen LogP contribution in [0.1, 0.15) is 0 Å². The van der Waals surface area contributed by atoms with Gasteiger partial charge in [0.05, 0.1) is 11.2 Å². The number of carbonyl (C=O) groups excluding carboxylic acids is 1. The number of H-pyrrole nitrogens is 1. The molecule has 0 bridgehead atoms. The number of aromatic nitrogens is 4. The van der Waals surface area contributed by atoms with E-state index in [1.165, 1.54) is 11.1 Å². The summed E-state index contributed by atoms with van der Waals surface area (Å²) in [6.45, 7) is -0.876. The van der Waals surface area contributed by atoms with Crippen molar-refractivity contribution >= 4 is 34.4 Å². The number of hydrogen-bond donors (Lipinski definition) is 3. The molecule has 13 heteroatoms. The largest absolute Gasteiger partial charge is 0.405 e. The molecule has 4 heterocycles. The van der Waals surface area contributed by atoms with E-state index in [0.29, 0.717) is 28.2 Å². The molecule has 0 aromatic carbocycles. The highest BCUT2D eigenvalue weighted by molar-refractivity contribution is 6.31. The first kappa shape index (κ1) is 21.2. The van der Waals surface area contributed by atoms with E-state index in [1.807, 2.05) is 5.32 Å². The van der Waals surface area contributed by atoms with Crippen molar-refractivity contribution in [3.05, 3.63) is 35.5 Å². The van der Waals surface area contributed by atoms with Gasteiger partial charge in [0.2, 0.25) is 5.91 Å². The third-order valence-corrected chi connectivity index (χ3v) is 4.95. The Balaban J connectivity index is 1.68. The minimum absolute atomic E-state index is 0.0368. The molecule has 1 aliphatic heterocycles. The van der Waals surface area contributed by atoms with Crippen molar-refractivity contribution < 1.29 is 22.4 Å². The molecule has 0 unspecified atom stereocenters. The molecule has 3 N–H and O–H groups in total. The number of rotatable bonds is 4. The summed E-state index contributed by atoms with van der Waals surface area (Å²) in [6, 6.07) is 0.577. The summed E-state index contributed by atoms with van der Waals surface area (Å²) in [4.78, 5) is 29.1. The second-order valence-corrected chi connectivity index (χ2v) is 7.30. The van der Waals surface area contributed by atoms with Gasteiger partial charge in [0.15, 0.2) is 17.5 Å². The second kappa shape index (κ2) is 8.27. The Labute approximate surface area is 178 Å². The number of amides is 1. The van der Waals surface area contributed by atoms with Gasteiger partial charge in [0.1, 0.15) is 18.2 Å². The molecule has 4 rings (SSSR count). The normalized spacial score (nSPS) is 17.2. The Bertz CT molecular complexity index is 1120. The molecule has 1 amide bonds. The van der Waals surface area contributed by atoms with E-state index in [0.717, 1.165) is 6.20 Å². The van der Waals surface area contributed by atoms with Crippen molar-refractivity contribution in [2.75, 3.05) is 31.1 Å². The van der Waals surface area contributed by atoms with Crippen LogP contribution >= 0.6 is 11.6 Å². The lowest BCUT2D eigenvalue weighted by atomic mass is 10.1. The summed E-state index contributed by atoms with van der Waals surface area (Å²) < 4.78 is 52.1. The number of aromatic amines is 1. The minimum Gasteiger partial charge on any atom is -0.345 e. The van der Waals surface area contributed by atoms with Gasteiger partial charge in [-0.05, 0) is 6.07 Å². The molecular formula is C18H16ClF4N7O. The van der Waals surface area contributed by atoms with Crippen LogP contribution in [0.15, 0.2) is 24.7 Å². The zero-order chi connectivity index (χ0) is 22.2. The molecule has 164 valence electrons. The monoisotopic (exact) mass is 457 g/mol. The number of anilines is 1. The SMILES string of the molecule is O=C(NCC(F)(F)F)[C@H]1CNCCN1c1nc(-c2c[nH]c3ncc(Cl)cc23)ncc1F. The van der Waals surface area contributed by atoms with Crippen LogP contribution < -0.4 is 15.5 Å². The van der Waals surface area contributed by atoms with Crippen molar-refractivity contribution in [2.24, 2.45) is 0 Å².